The van der Waals surface area contributed by atoms with Crippen LogP contribution in [0.25, 0.3) is 0 Å². The van der Waals surface area contributed by atoms with E-state index in [4.69, 9.17) is 10.6 Å². The molecule has 0 atom stereocenters. The van der Waals surface area contributed by atoms with Crippen molar-refractivity contribution in [1.29, 1.82) is 0 Å². The van der Waals surface area contributed by atoms with Crippen LogP contribution in [0.2, 0.25) is 0 Å². The first-order chi connectivity index (χ1) is 7.04. The molecule has 0 aliphatic rings. The lowest BCUT2D eigenvalue weighted by molar-refractivity contribution is -0.131. The number of carbonyl (C=O) groups is 1. The molecule has 0 heterocycles. The highest BCUT2D eigenvalue weighted by atomic mass is 79.9. The van der Waals surface area contributed by atoms with E-state index < -0.39 is 0 Å². The minimum absolute atomic E-state index is 0.378. The second-order valence-electron chi connectivity index (χ2n) is 2.69. The largest absolute Gasteiger partial charge is 0.424 e. The van der Waals surface area contributed by atoms with Gasteiger partial charge in [-0.3, -0.25) is 4.79 Å². The normalized spacial score (nSPS) is 10.6. The summed E-state index contributed by atoms with van der Waals surface area (Å²) in [7, 11) is 0. The number of rotatable bonds is 2. The summed E-state index contributed by atoms with van der Waals surface area (Å²) in [5, 5.41) is 3.40. The number of esters is 1. The number of ether oxygens (including phenoxy) is 1. The van der Waals surface area contributed by atoms with Crippen LogP contribution in [0.15, 0.2) is 26.2 Å². The average Bonchev–Trinajstić information content (AvgIpc) is 2.11. The number of benzene rings is 1. The molecule has 80 valence electrons. The van der Waals surface area contributed by atoms with E-state index in [0.29, 0.717) is 14.7 Å². The Hall–Kier alpha value is -0.880. The number of hydrazone groups is 1. The highest BCUT2D eigenvalue weighted by Gasteiger charge is 2.10. The number of hydrogen-bond donors (Lipinski definition) is 1. The van der Waals surface area contributed by atoms with Crippen LogP contribution in [-0.2, 0) is 4.79 Å². The smallest absolute Gasteiger partial charge is 0.308 e. The molecule has 1 aromatic rings. The monoisotopic (exact) mass is 334 g/mol. The maximum Gasteiger partial charge on any atom is 0.308 e. The van der Waals surface area contributed by atoms with Crippen molar-refractivity contribution in [2.75, 3.05) is 0 Å². The summed E-state index contributed by atoms with van der Waals surface area (Å²) in [6.45, 7) is 1.34. The Balaban J connectivity index is 3.14. The SMILES string of the molecule is CC(=O)Oc1c(Br)cc(C=NN)cc1Br. The van der Waals surface area contributed by atoms with E-state index in [1.165, 1.54) is 13.1 Å². The van der Waals surface area contributed by atoms with Crippen LogP contribution >= 0.6 is 31.9 Å². The molecule has 0 saturated heterocycles. The Kier molecular flexibility index (Phi) is 4.28. The van der Waals surface area contributed by atoms with Gasteiger partial charge in [-0.15, -0.1) is 0 Å². The lowest BCUT2D eigenvalue weighted by atomic mass is 10.2. The Morgan fingerprint density at radius 1 is 1.47 bits per heavy atom. The molecule has 0 fully saturated rings. The molecular weight excluding hydrogens is 328 g/mol. The van der Waals surface area contributed by atoms with E-state index in [2.05, 4.69) is 37.0 Å². The second-order valence-corrected chi connectivity index (χ2v) is 4.39. The molecular formula is C9H8Br2N2O2. The van der Waals surface area contributed by atoms with Gasteiger partial charge in [-0.2, -0.15) is 5.10 Å². The van der Waals surface area contributed by atoms with Gasteiger partial charge in [-0.25, -0.2) is 0 Å². The zero-order valence-electron chi connectivity index (χ0n) is 7.83. The van der Waals surface area contributed by atoms with Crippen LogP contribution in [-0.4, -0.2) is 12.2 Å². The van der Waals surface area contributed by atoms with Gasteiger partial charge in [0.05, 0.1) is 15.2 Å². The molecule has 2 N–H and O–H groups in total. The van der Waals surface area contributed by atoms with Crippen LogP contribution in [0.1, 0.15) is 12.5 Å². The van der Waals surface area contributed by atoms with Crippen molar-refractivity contribution in [2.45, 2.75) is 6.92 Å². The van der Waals surface area contributed by atoms with E-state index in [-0.39, 0.29) is 5.97 Å². The summed E-state index contributed by atoms with van der Waals surface area (Å²) >= 11 is 6.57. The maximum absolute atomic E-state index is 10.8. The molecule has 0 amide bonds. The molecule has 0 bridgehead atoms. The zero-order valence-corrected chi connectivity index (χ0v) is 11.0. The summed E-state index contributed by atoms with van der Waals surface area (Å²) in [6.07, 6.45) is 1.49. The van der Waals surface area contributed by atoms with Gasteiger partial charge in [0, 0.05) is 6.92 Å². The van der Waals surface area contributed by atoms with Crippen molar-refractivity contribution in [2.24, 2.45) is 10.9 Å². The molecule has 1 aromatic carbocycles. The number of carbonyl (C=O) groups excluding carboxylic acids is 1. The van der Waals surface area contributed by atoms with E-state index in [9.17, 15) is 4.79 Å². The van der Waals surface area contributed by atoms with Crippen LogP contribution in [0.4, 0.5) is 0 Å². The Morgan fingerprint density at radius 3 is 2.40 bits per heavy atom. The minimum Gasteiger partial charge on any atom is -0.424 e. The number of nitrogens with zero attached hydrogens (tertiary/aromatic N) is 1. The maximum atomic E-state index is 10.8. The van der Waals surface area contributed by atoms with Crippen LogP contribution in [0.3, 0.4) is 0 Å². The van der Waals surface area contributed by atoms with Crippen molar-refractivity contribution in [3.8, 4) is 5.75 Å². The fourth-order valence-electron chi connectivity index (χ4n) is 0.981. The fourth-order valence-corrected chi connectivity index (χ4v) is 2.37. The zero-order chi connectivity index (χ0) is 11.4. The predicted molar refractivity (Wildman–Crippen MR) is 64.9 cm³/mol. The molecule has 0 radical (unpaired) electrons. The Bertz CT molecular complexity index is 396. The molecule has 15 heavy (non-hydrogen) atoms. The summed E-state index contributed by atoms with van der Waals surface area (Å²) < 4.78 is 6.31. The van der Waals surface area contributed by atoms with Crippen LogP contribution < -0.4 is 10.6 Å². The second kappa shape index (κ2) is 5.27. The van der Waals surface area contributed by atoms with E-state index >= 15 is 0 Å². The van der Waals surface area contributed by atoms with Gasteiger partial charge >= 0.3 is 5.97 Å². The first-order valence-electron chi connectivity index (χ1n) is 3.95. The van der Waals surface area contributed by atoms with E-state index in [1.807, 2.05) is 0 Å². The standard InChI is InChI=1S/C9H8Br2N2O2/c1-5(14)15-9-7(10)2-6(4-13-12)3-8(9)11/h2-4H,12H2,1H3. The first-order valence-corrected chi connectivity index (χ1v) is 5.54. The fraction of sp³-hybridized carbons (Fsp3) is 0.111. The minimum atomic E-state index is -0.378. The topological polar surface area (TPSA) is 64.7 Å². The van der Waals surface area contributed by atoms with Gasteiger partial charge in [0.1, 0.15) is 0 Å². The predicted octanol–water partition coefficient (Wildman–Crippen LogP) is 2.43. The van der Waals surface area contributed by atoms with Crippen molar-refractivity contribution < 1.29 is 9.53 Å². The lowest BCUT2D eigenvalue weighted by Gasteiger charge is -2.07. The summed E-state index contributed by atoms with van der Waals surface area (Å²) in [5.74, 6) is 5.10. The van der Waals surface area contributed by atoms with Crippen molar-refractivity contribution in [1.82, 2.24) is 0 Å². The molecule has 0 aliphatic heterocycles. The Labute approximate surface area is 104 Å². The van der Waals surface area contributed by atoms with E-state index in [0.717, 1.165) is 5.56 Å². The van der Waals surface area contributed by atoms with Crippen molar-refractivity contribution >= 4 is 44.0 Å². The number of hydrogen-bond acceptors (Lipinski definition) is 4. The average molecular weight is 336 g/mol. The van der Waals surface area contributed by atoms with Gasteiger partial charge in [-0.1, -0.05) is 0 Å². The van der Waals surface area contributed by atoms with Gasteiger partial charge in [0.25, 0.3) is 0 Å². The highest BCUT2D eigenvalue weighted by molar-refractivity contribution is 9.11. The lowest BCUT2D eigenvalue weighted by Crippen LogP contribution is -2.03. The van der Waals surface area contributed by atoms with Gasteiger partial charge in [-0.05, 0) is 49.6 Å². The Morgan fingerprint density at radius 2 is 2.00 bits per heavy atom. The van der Waals surface area contributed by atoms with Gasteiger partial charge < -0.3 is 10.6 Å². The van der Waals surface area contributed by atoms with Crippen LogP contribution in [0, 0.1) is 0 Å². The molecule has 0 aliphatic carbocycles. The van der Waals surface area contributed by atoms with Gasteiger partial charge in [0.2, 0.25) is 0 Å². The molecule has 1 rings (SSSR count). The molecule has 0 unspecified atom stereocenters. The number of halogens is 2. The van der Waals surface area contributed by atoms with Crippen molar-refractivity contribution in [3.05, 3.63) is 26.6 Å². The molecule has 0 spiro atoms. The van der Waals surface area contributed by atoms with Gasteiger partial charge in [0.15, 0.2) is 5.75 Å². The number of nitrogens with two attached hydrogens (primary N) is 1. The summed E-state index contributed by atoms with van der Waals surface area (Å²) in [4.78, 5) is 10.8. The van der Waals surface area contributed by atoms with Crippen LogP contribution in [0.5, 0.6) is 5.75 Å². The molecule has 4 nitrogen and oxygen atoms in total. The highest BCUT2D eigenvalue weighted by Crippen LogP contribution is 2.34. The summed E-state index contributed by atoms with van der Waals surface area (Å²) in [5.41, 5.74) is 0.798. The third kappa shape index (κ3) is 3.32. The van der Waals surface area contributed by atoms with Crippen molar-refractivity contribution in [3.63, 3.8) is 0 Å². The van der Waals surface area contributed by atoms with E-state index in [1.54, 1.807) is 12.1 Å². The molecule has 0 saturated carbocycles. The molecule has 6 heteroatoms. The molecule has 0 aromatic heterocycles. The quantitative estimate of drug-likeness (QED) is 0.297. The third-order valence-electron chi connectivity index (χ3n) is 1.49. The summed E-state index contributed by atoms with van der Waals surface area (Å²) in [6, 6.07) is 3.50. The third-order valence-corrected chi connectivity index (χ3v) is 2.67. The first kappa shape index (κ1) is 12.2.